The molecule has 0 N–H and O–H groups in total. The molecule has 0 spiro atoms. The van der Waals surface area contributed by atoms with Gasteiger partial charge in [-0.2, -0.15) is 0 Å². The minimum absolute atomic E-state index is 0.761. The van der Waals surface area contributed by atoms with Crippen molar-refractivity contribution in [1.29, 1.82) is 0 Å². The van der Waals surface area contributed by atoms with Crippen LogP contribution in [0.3, 0.4) is 0 Å². The first-order valence-electron chi connectivity index (χ1n) is 19.6. The fourth-order valence-electron chi connectivity index (χ4n) is 8.69. The van der Waals surface area contributed by atoms with E-state index in [-0.39, 0.29) is 0 Å². The molecule has 4 nitrogen and oxygen atoms in total. The van der Waals surface area contributed by atoms with Gasteiger partial charge in [-0.25, -0.2) is 9.97 Å². The molecule has 11 rings (SSSR count). The van der Waals surface area contributed by atoms with E-state index in [1.165, 1.54) is 55.6 Å². The Bertz CT molecular complexity index is 3050. The summed E-state index contributed by atoms with van der Waals surface area (Å²) in [5.74, 6) is 0.937. The molecule has 0 radical (unpaired) electrons. The van der Waals surface area contributed by atoms with Crippen molar-refractivity contribution >= 4 is 80.8 Å². The smallest absolute Gasteiger partial charge is 0.149 e. The molecule has 4 aromatic carbocycles. The van der Waals surface area contributed by atoms with Crippen LogP contribution < -0.4 is 0 Å². The predicted molar refractivity (Wildman–Crippen MR) is 237 cm³/mol. The van der Waals surface area contributed by atoms with Gasteiger partial charge in [-0.3, -0.25) is 4.40 Å². The zero-order chi connectivity index (χ0) is 37.0. The molecule has 0 saturated heterocycles. The molecule has 3 heterocycles. The highest BCUT2D eigenvalue weighted by Crippen LogP contribution is 2.40. The summed E-state index contributed by atoms with van der Waals surface area (Å²) in [6.07, 6.45) is 37.1. The number of benzene rings is 4. The van der Waals surface area contributed by atoms with Crippen LogP contribution in [0.2, 0.25) is 0 Å². The second-order valence-corrected chi connectivity index (χ2v) is 14.8. The number of para-hydroxylation sites is 2. The molecule has 4 aliphatic carbocycles. The number of aromatic nitrogens is 4. The summed E-state index contributed by atoms with van der Waals surface area (Å²) >= 11 is 0. The van der Waals surface area contributed by atoms with E-state index in [9.17, 15) is 0 Å². The maximum atomic E-state index is 5.34. The van der Waals surface area contributed by atoms with Crippen LogP contribution in [-0.2, 0) is 0 Å². The van der Waals surface area contributed by atoms with Crippen molar-refractivity contribution in [2.24, 2.45) is 0 Å². The molecule has 0 bridgehead atoms. The Labute approximate surface area is 326 Å². The van der Waals surface area contributed by atoms with Crippen LogP contribution in [0.25, 0.3) is 86.4 Å². The first kappa shape index (κ1) is 32.4. The van der Waals surface area contributed by atoms with Gasteiger partial charge in [-0.05, 0) is 125 Å². The second kappa shape index (κ2) is 13.4. The molecule has 0 saturated carbocycles. The van der Waals surface area contributed by atoms with Crippen molar-refractivity contribution < 1.29 is 0 Å². The molecule has 4 aliphatic rings. The van der Waals surface area contributed by atoms with E-state index in [1.807, 2.05) is 0 Å². The standard InChI is InChI=1S/C52H38N4/c1-2-6-16-36(15-5-1)40-28-30-49-45(34-40)44-33-38(35-17-7-3-8-18-35)20-14-26-48(44)55(49)42-29-27-39-31-41(21-13-19-37(39)32-42)51-53-46-23-10-4-9-22-43(46)52-54-47-24-11-12-25-50(47)56(51)52/h1-3,5,7-19,22-34H,4,6,20-21H2. The summed E-state index contributed by atoms with van der Waals surface area (Å²) < 4.78 is 4.71. The summed E-state index contributed by atoms with van der Waals surface area (Å²) in [5.41, 5.74) is 18.4. The molecular weight excluding hydrogens is 681 g/mol. The molecule has 0 atom stereocenters. The molecule has 7 aromatic rings. The zero-order valence-corrected chi connectivity index (χ0v) is 30.9. The van der Waals surface area contributed by atoms with Crippen molar-refractivity contribution in [2.45, 2.75) is 25.7 Å². The van der Waals surface area contributed by atoms with Gasteiger partial charge >= 0.3 is 0 Å². The fraction of sp³-hybridized carbons (Fsp3) is 0.0769. The van der Waals surface area contributed by atoms with E-state index in [0.29, 0.717) is 0 Å². The zero-order valence-electron chi connectivity index (χ0n) is 30.9. The van der Waals surface area contributed by atoms with Crippen LogP contribution in [0.1, 0.15) is 76.3 Å². The Morgan fingerprint density at radius 2 is 1.43 bits per heavy atom. The number of allylic oxidation sites excluding steroid dienone is 12. The molecule has 56 heavy (non-hydrogen) atoms. The van der Waals surface area contributed by atoms with Crippen LogP contribution in [0.5, 0.6) is 0 Å². The first-order chi connectivity index (χ1) is 27.8. The highest BCUT2D eigenvalue weighted by molar-refractivity contribution is 6.02. The van der Waals surface area contributed by atoms with Crippen LogP contribution in [0, 0.1) is 0 Å². The Balaban J connectivity index is 1.07. The Hall–Kier alpha value is -7.04. The lowest BCUT2D eigenvalue weighted by Gasteiger charge is -2.14. The molecule has 266 valence electrons. The van der Waals surface area contributed by atoms with Gasteiger partial charge in [0, 0.05) is 22.2 Å². The van der Waals surface area contributed by atoms with Crippen LogP contribution in [-0.4, -0.2) is 18.9 Å². The summed E-state index contributed by atoms with van der Waals surface area (Å²) in [4.78, 5) is 10.5. The summed E-state index contributed by atoms with van der Waals surface area (Å²) in [7, 11) is 0. The van der Waals surface area contributed by atoms with Crippen LogP contribution in [0.4, 0.5) is 0 Å². The van der Waals surface area contributed by atoms with E-state index in [1.54, 1.807) is 0 Å². The van der Waals surface area contributed by atoms with Gasteiger partial charge in [0.1, 0.15) is 11.5 Å². The number of rotatable bonds is 4. The third-order valence-corrected chi connectivity index (χ3v) is 11.4. The molecule has 0 unspecified atom stereocenters. The van der Waals surface area contributed by atoms with Gasteiger partial charge in [0.05, 0.1) is 27.9 Å². The van der Waals surface area contributed by atoms with Crippen molar-refractivity contribution in [1.82, 2.24) is 18.9 Å². The first-order valence-corrected chi connectivity index (χ1v) is 19.6. The molecule has 0 aliphatic heterocycles. The molecular formula is C52H38N4. The summed E-state index contributed by atoms with van der Waals surface area (Å²) in [6.45, 7) is 0. The van der Waals surface area contributed by atoms with E-state index in [0.717, 1.165) is 70.7 Å². The minimum atomic E-state index is 0.761. The van der Waals surface area contributed by atoms with E-state index in [4.69, 9.17) is 9.97 Å². The predicted octanol–water partition coefficient (Wildman–Crippen LogP) is 13.1. The van der Waals surface area contributed by atoms with Crippen molar-refractivity contribution in [2.75, 3.05) is 0 Å². The Morgan fingerprint density at radius 3 is 2.39 bits per heavy atom. The van der Waals surface area contributed by atoms with Gasteiger partial charge in [-0.1, -0.05) is 121 Å². The highest BCUT2D eigenvalue weighted by atomic mass is 15.1. The van der Waals surface area contributed by atoms with Gasteiger partial charge in [0.2, 0.25) is 0 Å². The molecule has 0 fully saturated rings. The summed E-state index contributed by atoms with van der Waals surface area (Å²) in [6, 6.07) is 33.1. The van der Waals surface area contributed by atoms with Crippen LogP contribution >= 0.6 is 0 Å². The van der Waals surface area contributed by atoms with Gasteiger partial charge in [0.25, 0.3) is 0 Å². The highest BCUT2D eigenvalue weighted by Gasteiger charge is 2.22. The second-order valence-electron chi connectivity index (χ2n) is 14.8. The van der Waals surface area contributed by atoms with Crippen molar-refractivity contribution in [3.8, 4) is 5.69 Å². The lowest BCUT2D eigenvalue weighted by Crippen LogP contribution is -2.05. The average Bonchev–Trinajstić information content (AvgIpc) is 3.48. The number of hydrogen-bond acceptors (Lipinski definition) is 2. The van der Waals surface area contributed by atoms with E-state index >= 15 is 0 Å². The van der Waals surface area contributed by atoms with Gasteiger partial charge < -0.3 is 4.57 Å². The third kappa shape index (κ3) is 5.45. The van der Waals surface area contributed by atoms with Crippen molar-refractivity contribution in [3.05, 3.63) is 196 Å². The average molecular weight is 719 g/mol. The maximum absolute atomic E-state index is 5.34. The number of fused-ring (bicyclic) bond motifs is 9. The quantitative estimate of drug-likeness (QED) is 0.182. The fourth-order valence-corrected chi connectivity index (χ4v) is 8.69. The third-order valence-electron chi connectivity index (χ3n) is 11.4. The minimum Gasteiger partial charge on any atom is -0.309 e. The largest absolute Gasteiger partial charge is 0.309 e. The van der Waals surface area contributed by atoms with Crippen LogP contribution in [0.15, 0.2) is 146 Å². The lowest BCUT2D eigenvalue weighted by molar-refractivity contribution is 1.04. The molecule has 4 heteroatoms. The number of hydrogen-bond donors (Lipinski definition) is 0. The van der Waals surface area contributed by atoms with Crippen molar-refractivity contribution in [3.63, 3.8) is 0 Å². The number of nitrogens with zero attached hydrogens (tertiary/aromatic N) is 4. The summed E-state index contributed by atoms with van der Waals surface area (Å²) in [5, 5.41) is 1.26. The topological polar surface area (TPSA) is 35.1 Å². The molecule has 3 aromatic heterocycles. The SMILES string of the molecule is C1=CCC=C(c2ccc3c(c2)c2c(n3-c3ccc4c(c3)C=CCC(c3nc5c(c6nc7ccccc7n36)C=CCC=C5)=C4)C=CCC(c3ccccc3)=C2)C=C1. The van der Waals surface area contributed by atoms with Gasteiger partial charge in [0.15, 0.2) is 0 Å². The lowest BCUT2D eigenvalue weighted by atomic mass is 9.98. The normalized spacial score (nSPS) is 15.8. The van der Waals surface area contributed by atoms with Gasteiger partial charge in [-0.15, -0.1) is 0 Å². The number of imidazole rings is 1. The maximum Gasteiger partial charge on any atom is 0.149 e. The van der Waals surface area contributed by atoms with E-state index in [2.05, 4.69) is 191 Å². The molecule has 0 amide bonds. The Morgan fingerprint density at radius 1 is 0.554 bits per heavy atom. The van der Waals surface area contributed by atoms with E-state index < -0.39 is 0 Å². The Kier molecular flexibility index (Phi) is 7.73. The monoisotopic (exact) mass is 718 g/mol.